The maximum absolute atomic E-state index is 13.7. The monoisotopic (exact) mass is 753 g/mol. The average molecular weight is 754 g/mol. The number of aromatic hydroxyl groups is 1. The molecule has 55 heavy (non-hydrogen) atoms. The minimum absolute atomic E-state index is 0.0944. The van der Waals surface area contributed by atoms with Crippen molar-refractivity contribution in [2.75, 3.05) is 31.6 Å². The molecule has 294 valence electrons. The second-order valence-corrected chi connectivity index (χ2v) is 12.8. The average Bonchev–Trinajstić information content (AvgIpc) is 3.18. The number of aryl methyl sites for hydroxylation is 1. The molecular weight excluding hydrogens is 699 g/mol. The smallest absolute Gasteiger partial charge is 0.243 e. The SMILES string of the molecule is CCCCOCC.NC(N)=NCCCC(NC(=O)[C@@H](Cc1ccccc1)NC(=O)CCc1ccc(O)cc1)C(=O)NCC(=O)Nc1cccc2ccccc12. The van der Waals surface area contributed by atoms with Crippen LogP contribution in [0.1, 0.15) is 57.1 Å². The molecule has 0 saturated carbocycles. The Balaban J connectivity index is 0.00000106. The quantitative estimate of drug-likeness (QED) is 0.0392. The number of carbonyl (C=O) groups is 4. The number of nitrogens with two attached hydrogens (primary N) is 2. The van der Waals surface area contributed by atoms with E-state index in [9.17, 15) is 24.3 Å². The Morgan fingerprint density at radius 2 is 1.47 bits per heavy atom. The number of aliphatic imine (C=N–C) groups is 1. The fourth-order valence-electron chi connectivity index (χ4n) is 5.50. The first-order valence-electron chi connectivity index (χ1n) is 18.7. The number of benzene rings is 4. The highest BCUT2D eigenvalue weighted by Gasteiger charge is 2.27. The molecule has 0 saturated heterocycles. The molecule has 4 rings (SSSR count). The molecule has 4 amide bonds. The van der Waals surface area contributed by atoms with Crippen molar-refractivity contribution in [2.24, 2.45) is 16.5 Å². The number of fused-ring (bicyclic) bond motifs is 1. The number of carbonyl (C=O) groups excluding carboxylic acids is 4. The van der Waals surface area contributed by atoms with Crippen LogP contribution in [0.15, 0.2) is 102 Å². The highest BCUT2D eigenvalue weighted by molar-refractivity contribution is 6.03. The van der Waals surface area contributed by atoms with Gasteiger partial charge >= 0.3 is 0 Å². The van der Waals surface area contributed by atoms with Gasteiger partial charge in [0, 0.05) is 43.7 Å². The molecule has 0 aromatic heterocycles. The molecule has 1 unspecified atom stereocenters. The summed E-state index contributed by atoms with van der Waals surface area (Å²) in [4.78, 5) is 56.8. The van der Waals surface area contributed by atoms with Crippen LogP contribution in [-0.4, -0.2) is 73.1 Å². The predicted octanol–water partition coefficient (Wildman–Crippen LogP) is 4.32. The molecule has 4 aromatic rings. The number of hydrogen-bond donors (Lipinski definition) is 7. The van der Waals surface area contributed by atoms with Crippen LogP contribution < -0.4 is 32.7 Å². The first-order chi connectivity index (χ1) is 26.6. The van der Waals surface area contributed by atoms with E-state index in [-0.39, 0.29) is 50.0 Å². The van der Waals surface area contributed by atoms with Crippen molar-refractivity contribution in [3.63, 3.8) is 0 Å². The molecule has 0 fully saturated rings. The number of nitrogens with zero attached hydrogens (tertiary/aromatic N) is 1. The van der Waals surface area contributed by atoms with E-state index in [0.29, 0.717) is 18.5 Å². The van der Waals surface area contributed by atoms with E-state index in [1.807, 2.05) is 73.7 Å². The largest absolute Gasteiger partial charge is 0.508 e. The van der Waals surface area contributed by atoms with Gasteiger partial charge in [-0.1, -0.05) is 92.2 Å². The second-order valence-electron chi connectivity index (χ2n) is 12.8. The zero-order valence-corrected chi connectivity index (χ0v) is 31.8. The molecule has 13 heteroatoms. The van der Waals surface area contributed by atoms with Gasteiger partial charge in [0.2, 0.25) is 23.6 Å². The molecule has 0 aliphatic heterocycles. The Morgan fingerprint density at radius 1 is 0.764 bits per heavy atom. The summed E-state index contributed by atoms with van der Waals surface area (Å²) in [7, 11) is 0. The van der Waals surface area contributed by atoms with Crippen LogP contribution in [-0.2, 0) is 36.8 Å². The van der Waals surface area contributed by atoms with Crippen LogP contribution >= 0.6 is 0 Å². The van der Waals surface area contributed by atoms with Gasteiger partial charge in [0.15, 0.2) is 5.96 Å². The van der Waals surface area contributed by atoms with E-state index in [0.717, 1.165) is 35.1 Å². The normalized spacial score (nSPS) is 11.6. The summed E-state index contributed by atoms with van der Waals surface area (Å²) in [6, 6.07) is 26.9. The molecule has 0 aliphatic rings. The summed E-state index contributed by atoms with van der Waals surface area (Å²) in [6.07, 6.45) is 3.67. The van der Waals surface area contributed by atoms with E-state index in [1.165, 1.54) is 12.8 Å². The van der Waals surface area contributed by atoms with Gasteiger partial charge in [-0.3, -0.25) is 24.2 Å². The number of anilines is 1. The molecule has 0 bridgehead atoms. The van der Waals surface area contributed by atoms with Crippen LogP contribution in [0.4, 0.5) is 5.69 Å². The lowest BCUT2D eigenvalue weighted by Gasteiger charge is -2.23. The second kappa shape index (κ2) is 24.4. The Bertz CT molecular complexity index is 1810. The van der Waals surface area contributed by atoms with Crippen molar-refractivity contribution in [3.05, 3.63) is 108 Å². The number of unbranched alkanes of at least 4 members (excludes halogenated alkanes) is 1. The molecule has 0 radical (unpaired) electrons. The fourth-order valence-corrected chi connectivity index (χ4v) is 5.50. The third-order valence-corrected chi connectivity index (χ3v) is 8.42. The van der Waals surface area contributed by atoms with Gasteiger partial charge in [0.05, 0.1) is 6.54 Å². The topological polar surface area (TPSA) is 210 Å². The summed E-state index contributed by atoms with van der Waals surface area (Å²) in [5.74, 6) is -1.88. The molecule has 0 spiro atoms. The molecule has 2 atom stereocenters. The van der Waals surface area contributed by atoms with Gasteiger partial charge in [0.25, 0.3) is 0 Å². The first kappa shape index (κ1) is 43.5. The van der Waals surface area contributed by atoms with Crippen LogP contribution in [0, 0.1) is 0 Å². The third-order valence-electron chi connectivity index (χ3n) is 8.42. The zero-order chi connectivity index (χ0) is 39.8. The fraction of sp³-hybridized carbons (Fsp3) is 0.357. The molecule has 4 aromatic carbocycles. The van der Waals surface area contributed by atoms with Gasteiger partial charge in [-0.2, -0.15) is 0 Å². The van der Waals surface area contributed by atoms with E-state index < -0.39 is 29.8 Å². The van der Waals surface area contributed by atoms with E-state index in [1.54, 1.807) is 30.3 Å². The maximum atomic E-state index is 13.7. The van der Waals surface area contributed by atoms with Gasteiger partial charge < -0.3 is 42.6 Å². The number of ether oxygens (including phenoxy) is 1. The zero-order valence-electron chi connectivity index (χ0n) is 31.8. The highest BCUT2D eigenvalue weighted by atomic mass is 16.5. The van der Waals surface area contributed by atoms with Crippen molar-refractivity contribution in [1.82, 2.24) is 16.0 Å². The lowest BCUT2D eigenvalue weighted by molar-refractivity contribution is -0.132. The number of guanidine groups is 1. The number of nitrogens with one attached hydrogen (secondary N) is 4. The Hall–Kier alpha value is -5.95. The standard InChI is InChI=1S/C36H41N7O5.C6H14O/c37-36(38)39-21-7-14-30(34(47)40-23-33(46)41-29-13-6-11-26-10-4-5-12-28(26)29)43-35(48)31(22-25-8-2-1-3-9-25)42-32(45)20-17-24-15-18-27(44)19-16-24;1-3-5-6-7-4-2/h1-6,8-13,15-16,18-19,30-31,44H,7,14,17,20-23H2,(H,40,47)(H,41,46)(H,42,45)(H,43,48)(H4,37,38,39);3-6H2,1-2H3/t30?,31-;/m1./s1. The maximum Gasteiger partial charge on any atom is 0.243 e. The molecular formula is C42H55N7O6. The van der Waals surface area contributed by atoms with Crippen LogP contribution in [0.25, 0.3) is 10.8 Å². The van der Waals surface area contributed by atoms with Crippen molar-refractivity contribution in [3.8, 4) is 5.75 Å². The van der Waals surface area contributed by atoms with Crippen molar-refractivity contribution in [1.29, 1.82) is 0 Å². The van der Waals surface area contributed by atoms with Crippen LogP contribution in [0.5, 0.6) is 5.75 Å². The lowest BCUT2D eigenvalue weighted by Crippen LogP contribution is -2.55. The van der Waals surface area contributed by atoms with Crippen LogP contribution in [0.3, 0.4) is 0 Å². The Morgan fingerprint density at radius 3 is 2.18 bits per heavy atom. The lowest BCUT2D eigenvalue weighted by atomic mass is 10.0. The molecule has 9 N–H and O–H groups in total. The number of phenols is 1. The van der Waals surface area contributed by atoms with Gasteiger partial charge in [-0.05, 0) is 67.3 Å². The predicted molar refractivity (Wildman–Crippen MR) is 217 cm³/mol. The van der Waals surface area contributed by atoms with Gasteiger partial charge in [-0.15, -0.1) is 0 Å². The third kappa shape index (κ3) is 16.7. The van der Waals surface area contributed by atoms with Crippen molar-refractivity contribution < 1.29 is 29.0 Å². The number of phenolic OH excluding ortho intramolecular Hbond substituents is 1. The minimum atomic E-state index is -1.04. The number of hydrogen-bond acceptors (Lipinski definition) is 7. The van der Waals surface area contributed by atoms with E-state index in [4.69, 9.17) is 16.2 Å². The Labute approximate surface area is 323 Å². The first-order valence-corrected chi connectivity index (χ1v) is 18.7. The minimum Gasteiger partial charge on any atom is -0.508 e. The van der Waals surface area contributed by atoms with Gasteiger partial charge in [-0.25, -0.2) is 0 Å². The van der Waals surface area contributed by atoms with Gasteiger partial charge in [0.1, 0.15) is 17.8 Å². The van der Waals surface area contributed by atoms with Crippen LogP contribution in [0.2, 0.25) is 0 Å². The molecule has 13 nitrogen and oxygen atoms in total. The summed E-state index contributed by atoms with van der Waals surface area (Å²) in [6.45, 7) is 5.89. The summed E-state index contributed by atoms with van der Waals surface area (Å²) >= 11 is 0. The van der Waals surface area contributed by atoms with E-state index >= 15 is 0 Å². The Kier molecular flexibility index (Phi) is 19.3. The van der Waals surface area contributed by atoms with Crippen molar-refractivity contribution in [2.45, 2.75) is 70.9 Å². The van der Waals surface area contributed by atoms with E-state index in [2.05, 4.69) is 33.2 Å². The summed E-state index contributed by atoms with van der Waals surface area (Å²) in [5, 5.41) is 22.4. The van der Waals surface area contributed by atoms with Crippen molar-refractivity contribution >= 4 is 46.0 Å². The summed E-state index contributed by atoms with van der Waals surface area (Å²) in [5.41, 5.74) is 13.2. The summed E-state index contributed by atoms with van der Waals surface area (Å²) < 4.78 is 5.07. The highest BCUT2D eigenvalue weighted by Crippen LogP contribution is 2.22. The molecule has 0 aliphatic carbocycles. The number of amides is 4. The molecule has 0 heterocycles. The number of rotatable bonds is 20.